The van der Waals surface area contributed by atoms with Crippen LogP contribution >= 0.6 is 11.8 Å². The van der Waals surface area contributed by atoms with Gasteiger partial charge in [-0.3, -0.25) is 9.79 Å². The topological polar surface area (TPSA) is 71.3 Å². The predicted octanol–water partition coefficient (Wildman–Crippen LogP) is 1.72. The van der Waals surface area contributed by atoms with E-state index in [9.17, 15) is 9.59 Å². The first-order chi connectivity index (χ1) is 9.63. The molecule has 0 saturated carbocycles. The standard InChI is InChI=1S/C13H15N3O3S/c1-4-6-8-15-16-10(9-11(17)19-3)12(18)20-13(16)14-7-5-2/h4-6,8-9H,2,7H2,1,3H3/b6-4+,10-9+,14-13?,15-8+. The number of aliphatic imine (C=N–C) groups is 1. The maximum Gasteiger partial charge on any atom is 0.332 e. The van der Waals surface area contributed by atoms with E-state index in [1.807, 2.05) is 6.92 Å². The number of thioether (sulfide) groups is 1. The molecule has 0 aromatic heterocycles. The molecular formula is C13H15N3O3S. The smallest absolute Gasteiger partial charge is 0.332 e. The lowest BCUT2D eigenvalue weighted by Gasteiger charge is -2.10. The molecule has 0 N–H and O–H groups in total. The minimum absolute atomic E-state index is 0.116. The van der Waals surface area contributed by atoms with Crippen molar-refractivity contribution in [1.82, 2.24) is 5.01 Å². The monoisotopic (exact) mass is 293 g/mol. The third kappa shape index (κ3) is 4.20. The number of methoxy groups -OCH3 is 1. The number of hydrogen-bond acceptors (Lipinski definition) is 6. The van der Waals surface area contributed by atoms with E-state index in [0.717, 1.165) is 17.8 Å². The highest BCUT2D eigenvalue weighted by Gasteiger charge is 2.33. The molecule has 1 aliphatic rings. The fourth-order valence-electron chi connectivity index (χ4n) is 1.20. The van der Waals surface area contributed by atoms with E-state index in [-0.39, 0.29) is 10.8 Å². The second-order valence-electron chi connectivity index (χ2n) is 3.46. The number of amidine groups is 1. The van der Waals surface area contributed by atoms with Crippen molar-refractivity contribution in [2.75, 3.05) is 13.7 Å². The van der Waals surface area contributed by atoms with Crippen molar-refractivity contribution in [1.29, 1.82) is 0 Å². The van der Waals surface area contributed by atoms with Crippen LogP contribution in [0.3, 0.4) is 0 Å². The summed E-state index contributed by atoms with van der Waals surface area (Å²) in [6, 6.07) is 0. The molecule has 1 fully saturated rings. The van der Waals surface area contributed by atoms with Crippen LogP contribution in [0, 0.1) is 0 Å². The van der Waals surface area contributed by atoms with E-state index in [1.54, 1.807) is 18.2 Å². The first-order valence-electron chi connectivity index (χ1n) is 5.76. The molecular weight excluding hydrogens is 278 g/mol. The van der Waals surface area contributed by atoms with Gasteiger partial charge in [-0.25, -0.2) is 9.80 Å². The summed E-state index contributed by atoms with van der Waals surface area (Å²) in [6.45, 7) is 5.76. The Bertz CT molecular complexity index is 521. The molecule has 0 atom stereocenters. The number of rotatable bonds is 5. The van der Waals surface area contributed by atoms with Crippen LogP contribution in [-0.2, 0) is 14.3 Å². The van der Waals surface area contributed by atoms with E-state index in [2.05, 4.69) is 21.4 Å². The highest BCUT2D eigenvalue weighted by atomic mass is 32.2. The molecule has 1 rings (SSSR count). The maximum atomic E-state index is 11.9. The Morgan fingerprint density at radius 2 is 2.30 bits per heavy atom. The normalized spacial score (nSPS) is 19.7. The molecule has 1 saturated heterocycles. The van der Waals surface area contributed by atoms with Crippen molar-refractivity contribution in [3.05, 3.63) is 36.6 Å². The number of allylic oxidation sites excluding steroid dienone is 2. The van der Waals surface area contributed by atoms with E-state index in [4.69, 9.17) is 0 Å². The van der Waals surface area contributed by atoms with Crippen molar-refractivity contribution in [2.24, 2.45) is 10.1 Å². The van der Waals surface area contributed by atoms with Gasteiger partial charge in [-0.15, -0.1) is 6.58 Å². The molecule has 0 spiro atoms. The zero-order chi connectivity index (χ0) is 15.0. The molecule has 1 heterocycles. The number of carbonyl (C=O) groups is 2. The Hall–Kier alpha value is -2.15. The van der Waals surface area contributed by atoms with Gasteiger partial charge in [0.05, 0.1) is 19.7 Å². The minimum Gasteiger partial charge on any atom is -0.466 e. The number of carbonyl (C=O) groups excluding carboxylic acids is 2. The quantitative estimate of drug-likeness (QED) is 0.334. The van der Waals surface area contributed by atoms with Gasteiger partial charge in [0.1, 0.15) is 5.70 Å². The zero-order valence-electron chi connectivity index (χ0n) is 11.3. The van der Waals surface area contributed by atoms with Crippen LogP contribution in [0.15, 0.2) is 46.7 Å². The molecule has 6 nitrogen and oxygen atoms in total. The second kappa shape index (κ2) is 8.11. The highest BCUT2D eigenvalue weighted by molar-refractivity contribution is 8.27. The van der Waals surface area contributed by atoms with Crippen molar-refractivity contribution in [2.45, 2.75) is 6.92 Å². The van der Waals surface area contributed by atoms with Crippen LogP contribution in [0.1, 0.15) is 6.92 Å². The number of ether oxygens (including phenoxy) is 1. The summed E-state index contributed by atoms with van der Waals surface area (Å²) in [5.74, 6) is -0.620. The van der Waals surface area contributed by atoms with Crippen LogP contribution in [0.5, 0.6) is 0 Å². The molecule has 0 aromatic carbocycles. The molecule has 7 heteroatoms. The summed E-state index contributed by atoms with van der Waals surface area (Å²) in [5.41, 5.74) is 0.116. The average molecular weight is 293 g/mol. The minimum atomic E-state index is -0.620. The van der Waals surface area contributed by atoms with Crippen molar-refractivity contribution in [3.8, 4) is 0 Å². The number of hydrazone groups is 1. The van der Waals surface area contributed by atoms with Crippen molar-refractivity contribution < 1.29 is 14.3 Å². The Morgan fingerprint density at radius 3 is 2.90 bits per heavy atom. The largest absolute Gasteiger partial charge is 0.466 e. The fraction of sp³-hybridized carbons (Fsp3) is 0.231. The van der Waals surface area contributed by atoms with E-state index in [0.29, 0.717) is 11.7 Å². The molecule has 0 bridgehead atoms. The van der Waals surface area contributed by atoms with Crippen LogP contribution in [0.4, 0.5) is 0 Å². The molecule has 1 aliphatic heterocycles. The second-order valence-corrected chi connectivity index (χ2v) is 4.40. The third-order valence-electron chi connectivity index (χ3n) is 2.07. The number of nitrogens with zero attached hydrogens (tertiary/aromatic N) is 3. The Balaban J connectivity index is 3.13. The lowest BCUT2D eigenvalue weighted by atomic mass is 10.4. The van der Waals surface area contributed by atoms with Crippen LogP contribution < -0.4 is 0 Å². The average Bonchev–Trinajstić information content (AvgIpc) is 2.73. The first-order valence-corrected chi connectivity index (χ1v) is 6.58. The molecule has 0 amide bonds. The van der Waals surface area contributed by atoms with Crippen LogP contribution in [0.25, 0.3) is 0 Å². The van der Waals surface area contributed by atoms with Gasteiger partial charge in [0.25, 0.3) is 0 Å². The summed E-state index contributed by atoms with van der Waals surface area (Å²) in [7, 11) is 1.24. The predicted molar refractivity (Wildman–Crippen MR) is 80.3 cm³/mol. The van der Waals surface area contributed by atoms with Gasteiger partial charge >= 0.3 is 5.97 Å². The fourth-order valence-corrected chi connectivity index (χ4v) is 1.99. The first kappa shape index (κ1) is 15.9. The summed E-state index contributed by atoms with van der Waals surface area (Å²) in [6.07, 6.45) is 7.70. The van der Waals surface area contributed by atoms with E-state index >= 15 is 0 Å². The van der Waals surface area contributed by atoms with Gasteiger partial charge in [0.15, 0.2) is 5.17 Å². The molecule has 106 valence electrons. The lowest BCUT2D eigenvalue weighted by Crippen LogP contribution is -2.18. The van der Waals surface area contributed by atoms with E-state index < -0.39 is 5.97 Å². The highest BCUT2D eigenvalue weighted by Crippen LogP contribution is 2.29. The van der Waals surface area contributed by atoms with E-state index in [1.165, 1.54) is 18.3 Å². The Labute approximate surface area is 121 Å². The van der Waals surface area contributed by atoms with Gasteiger partial charge in [0, 0.05) is 6.21 Å². The third-order valence-corrected chi connectivity index (χ3v) is 2.95. The maximum absolute atomic E-state index is 11.9. The molecule has 20 heavy (non-hydrogen) atoms. The van der Waals surface area contributed by atoms with Crippen LogP contribution in [0.2, 0.25) is 0 Å². The van der Waals surface area contributed by atoms with Gasteiger partial charge in [-0.2, -0.15) is 5.10 Å². The van der Waals surface area contributed by atoms with Crippen LogP contribution in [-0.4, -0.2) is 41.1 Å². The number of hydrogen-bond donors (Lipinski definition) is 0. The molecule has 0 unspecified atom stereocenters. The Morgan fingerprint density at radius 1 is 1.55 bits per heavy atom. The summed E-state index contributed by atoms with van der Waals surface area (Å²) < 4.78 is 4.53. The zero-order valence-corrected chi connectivity index (χ0v) is 12.1. The van der Waals surface area contributed by atoms with Gasteiger partial charge in [0.2, 0.25) is 5.12 Å². The lowest BCUT2D eigenvalue weighted by molar-refractivity contribution is -0.135. The van der Waals surface area contributed by atoms with Crippen molar-refractivity contribution in [3.63, 3.8) is 0 Å². The molecule has 0 radical (unpaired) electrons. The van der Waals surface area contributed by atoms with Gasteiger partial charge in [-0.05, 0) is 24.8 Å². The van der Waals surface area contributed by atoms with Crippen molar-refractivity contribution >= 4 is 34.2 Å². The molecule has 0 aliphatic carbocycles. The summed E-state index contributed by atoms with van der Waals surface area (Å²) in [5, 5.41) is 5.50. The van der Waals surface area contributed by atoms with Gasteiger partial charge in [-0.1, -0.05) is 12.2 Å². The van der Waals surface area contributed by atoms with Gasteiger partial charge < -0.3 is 4.74 Å². The molecule has 0 aromatic rings. The summed E-state index contributed by atoms with van der Waals surface area (Å²) in [4.78, 5) is 27.4. The SMILES string of the molecule is C=CCN=C1SC(=O)/C(=C\C(=O)OC)N1/N=C/C=C/C. The summed E-state index contributed by atoms with van der Waals surface area (Å²) >= 11 is 0.908. The Kier molecular flexibility index (Phi) is 6.45. The number of esters is 1.